The molecule has 0 radical (unpaired) electrons. The first-order valence-corrected chi connectivity index (χ1v) is 11.8. The molecule has 0 aliphatic carbocycles. The largest absolute Gasteiger partial charge is 0.378 e. The van der Waals surface area contributed by atoms with Crippen molar-refractivity contribution in [3.63, 3.8) is 0 Å². The fraction of sp³-hybridized carbons (Fsp3) is 0.259. The third-order valence-electron chi connectivity index (χ3n) is 6.71. The number of para-hydroxylation sites is 1. The number of amides is 5. The number of imide groups is 2. The van der Waals surface area contributed by atoms with Crippen LogP contribution in [0.3, 0.4) is 0 Å². The summed E-state index contributed by atoms with van der Waals surface area (Å²) in [5.74, 6) is -1.48. The minimum absolute atomic E-state index is 0.0311. The molecule has 36 heavy (non-hydrogen) atoms. The number of hydrogen-bond donors (Lipinski definition) is 1. The predicted octanol–water partition coefficient (Wildman–Crippen LogP) is 2.78. The lowest BCUT2D eigenvalue weighted by molar-refractivity contribution is -0.135. The quantitative estimate of drug-likeness (QED) is 0.452. The van der Waals surface area contributed by atoms with E-state index in [9.17, 15) is 19.2 Å². The number of urea groups is 1. The van der Waals surface area contributed by atoms with Gasteiger partial charge in [-0.15, -0.1) is 0 Å². The third kappa shape index (κ3) is 4.18. The number of anilines is 1. The Balaban J connectivity index is 1.52. The number of hydrogen-bond acceptors (Lipinski definition) is 5. The molecule has 1 aromatic heterocycles. The second-order valence-electron chi connectivity index (χ2n) is 8.90. The summed E-state index contributed by atoms with van der Waals surface area (Å²) in [6.45, 7) is 5.96. The van der Waals surface area contributed by atoms with Crippen LogP contribution in [0.25, 0.3) is 17.0 Å². The molecule has 9 heteroatoms. The lowest BCUT2D eigenvalue weighted by Crippen LogP contribution is -2.54. The molecule has 0 bridgehead atoms. The predicted molar refractivity (Wildman–Crippen MR) is 134 cm³/mol. The lowest BCUT2D eigenvalue weighted by atomic mass is 10.0. The number of aromatic nitrogens is 1. The van der Waals surface area contributed by atoms with E-state index in [2.05, 4.69) is 5.32 Å². The van der Waals surface area contributed by atoms with E-state index in [-0.39, 0.29) is 18.0 Å². The number of nitrogens with one attached hydrogen (secondary N) is 1. The summed E-state index contributed by atoms with van der Waals surface area (Å²) >= 11 is 0. The van der Waals surface area contributed by atoms with Crippen LogP contribution in [-0.2, 0) is 25.7 Å². The van der Waals surface area contributed by atoms with Crippen LogP contribution in [-0.4, -0.2) is 59.5 Å². The molecule has 0 unspecified atom stereocenters. The average molecular weight is 487 g/mol. The van der Waals surface area contributed by atoms with Gasteiger partial charge in [0.25, 0.3) is 11.8 Å². The van der Waals surface area contributed by atoms with Gasteiger partial charge in [-0.1, -0.05) is 30.3 Å². The van der Waals surface area contributed by atoms with Gasteiger partial charge in [0.05, 0.1) is 18.9 Å². The Hall–Kier alpha value is -4.24. The van der Waals surface area contributed by atoms with Crippen molar-refractivity contribution in [2.24, 2.45) is 0 Å². The average Bonchev–Trinajstić information content (AvgIpc) is 3.22. The molecule has 3 heterocycles. The minimum Gasteiger partial charge on any atom is -0.378 e. The van der Waals surface area contributed by atoms with E-state index in [0.717, 1.165) is 26.9 Å². The molecule has 0 saturated carbocycles. The molecule has 5 amide bonds. The van der Waals surface area contributed by atoms with Gasteiger partial charge >= 0.3 is 6.03 Å². The summed E-state index contributed by atoms with van der Waals surface area (Å²) in [4.78, 5) is 54.5. The Kier molecular flexibility index (Phi) is 6.15. The second-order valence-corrected chi connectivity index (χ2v) is 8.90. The van der Waals surface area contributed by atoms with Crippen LogP contribution >= 0.6 is 0 Å². The SMILES string of the molecule is Cc1cccc(N2C(=O)NC(=O)/C(=C/c3cn(CC(=O)N4CCOCC4)c4ccccc34)C2=O)c1C. The van der Waals surface area contributed by atoms with E-state index >= 15 is 0 Å². The summed E-state index contributed by atoms with van der Waals surface area (Å²) in [5.41, 5.74) is 3.37. The smallest absolute Gasteiger partial charge is 0.335 e. The molecule has 9 nitrogen and oxygen atoms in total. The van der Waals surface area contributed by atoms with Gasteiger partial charge in [-0.3, -0.25) is 19.7 Å². The van der Waals surface area contributed by atoms with Gasteiger partial charge in [0.15, 0.2) is 0 Å². The summed E-state index contributed by atoms with van der Waals surface area (Å²) in [5, 5.41) is 3.07. The molecule has 2 aliphatic heterocycles. The number of fused-ring (bicyclic) bond motifs is 1. The number of barbiturate groups is 1. The van der Waals surface area contributed by atoms with Crippen molar-refractivity contribution in [3.8, 4) is 0 Å². The number of carbonyl (C=O) groups excluding carboxylic acids is 4. The molecule has 184 valence electrons. The van der Waals surface area contributed by atoms with Gasteiger partial charge in [0, 0.05) is 35.8 Å². The highest BCUT2D eigenvalue weighted by molar-refractivity contribution is 6.39. The van der Waals surface area contributed by atoms with Gasteiger partial charge in [-0.05, 0) is 43.2 Å². The highest BCUT2D eigenvalue weighted by Crippen LogP contribution is 2.29. The number of ether oxygens (including phenoxy) is 1. The van der Waals surface area contributed by atoms with Gasteiger partial charge in [0.2, 0.25) is 5.91 Å². The zero-order valence-electron chi connectivity index (χ0n) is 20.1. The summed E-state index contributed by atoms with van der Waals surface area (Å²) in [6, 6.07) is 12.0. The first kappa shape index (κ1) is 23.5. The van der Waals surface area contributed by atoms with E-state index in [1.807, 2.05) is 48.7 Å². The fourth-order valence-corrected chi connectivity index (χ4v) is 4.59. The van der Waals surface area contributed by atoms with Gasteiger partial charge < -0.3 is 14.2 Å². The Bertz CT molecular complexity index is 1430. The van der Waals surface area contributed by atoms with Crippen LogP contribution in [0.4, 0.5) is 10.5 Å². The van der Waals surface area contributed by atoms with E-state index in [1.54, 1.807) is 23.2 Å². The van der Waals surface area contributed by atoms with E-state index < -0.39 is 17.8 Å². The number of morpholine rings is 1. The maximum atomic E-state index is 13.4. The van der Waals surface area contributed by atoms with E-state index in [0.29, 0.717) is 37.6 Å². The number of aryl methyl sites for hydroxylation is 1. The van der Waals surface area contributed by atoms with Crippen LogP contribution in [0.15, 0.2) is 54.2 Å². The van der Waals surface area contributed by atoms with E-state index in [4.69, 9.17) is 4.74 Å². The highest BCUT2D eigenvalue weighted by Gasteiger charge is 2.37. The van der Waals surface area contributed by atoms with Crippen LogP contribution in [0.1, 0.15) is 16.7 Å². The van der Waals surface area contributed by atoms with Gasteiger partial charge in [0.1, 0.15) is 12.1 Å². The maximum Gasteiger partial charge on any atom is 0.335 e. The standard InChI is InChI=1S/C27H26N4O5/c1-17-6-5-9-22(18(17)2)31-26(34)21(25(33)28-27(31)35)14-19-15-30(23-8-4-3-7-20(19)23)16-24(32)29-10-12-36-13-11-29/h3-9,14-15H,10-13,16H2,1-2H3,(H,28,33,35)/b21-14-. The molecule has 2 saturated heterocycles. The molecule has 0 spiro atoms. The molecule has 5 rings (SSSR count). The Labute approximate surface area is 207 Å². The summed E-state index contributed by atoms with van der Waals surface area (Å²) in [7, 11) is 0. The van der Waals surface area contributed by atoms with Crippen molar-refractivity contribution >= 4 is 46.4 Å². The Morgan fingerprint density at radius 1 is 1.03 bits per heavy atom. The van der Waals surface area contributed by atoms with Crippen molar-refractivity contribution in [3.05, 3.63) is 70.9 Å². The molecular formula is C27H26N4O5. The highest BCUT2D eigenvalue weighted by atomic mass is 16.5. The fourth-order valence-electron chi connectivity index (χ4n) is 4.59. The monoisotopic (exact) mass is 486 g/mol. The molecule has 2 fully saturated rings. The molecule has 2 aliphatic rings. The first-order valence-electron chi connectivity index (χ1n) is 11.8. The zero-order chi connectivity index (χ0) is 25.4. The Morgan fingerprint density at radius 2 is 1.78 bits per heavy atom. The number of nitrogens with zero attached hydrogens (tertiary/aromatic N) is 3. The van der Waals surface area contributed by atoms with Crippen LogP contribution in [0, 0.1) is 13.8 Å². The second kappa shape index (κ2) is 9.43. The van der Waals surface area contributed by atoms with Crippen molar-refractivity contribution in [2.75, 3.05) is 31.2 Å². The van der Waals surface area contributed by atoms with Crippen molar-refractivity contribution in [2.45, 2.75) is 20.4 Å². The minimum atomic E-state index is -0.783. The number of carbonyl (C=O) groups is 4. The molecule has 1 N–H and O–H groups in total. The maximum absolute atomic E-state index is 13.4. The van der Waals surface area contributed by atoms with Crippen molar-refractivity contribution < 1.29 is 23.9 Å². The molecule has 2 aromatic carbocycles. The van der Waals surface area contributed by atoms with Crippen LogP contribution < -0.4 is 10.2 Å². The molecule has 0 atom stereocenters. The van der Waals surface area contributed by atoms with Crippen molar-refractivity contribution in [1.82, 2.24) is 14.8 Å². The summed E-state index contributed by atoms with van der Waals surface area (Å²) in [6.07, 6.45) is 3.25. The molecule has 3 aromatic rings. The van der Waals surface area contributed by atoms with Crippen LogP contribution in [0.2, 0.25) is 0 Å². The topological polar surface area (TPSA) is 101 Å². The van der Waals surface area contributed by atoms with Gasteiger partial charge in [-0.25, -0.2) is 9.69 Å². The normalized spacial score (nSPS) is 17.7. The first-order chi connectivity index (χ1) is 17.3. The van der Waals surface area contributed by atoms with Crippen LogP contribution in [0.5, 0.6) is 0 Å². The lowest BCUT2D eigenvalue weighted by Gasteiger charge is -2.28. The van der Waals surface area contributed by atoms with Gasteiger partial charge in [-0.2, -0.15) is 0 Å². The molecular weight excluding hydrogens is 460 g/mol. The Morgan fingerprint density at radius 3 is 2.56 bits per heavy atom. The number of rotatable bonds is 4. The third-order valence-corrected chi connectivity index (χ3v) is 6.71. The van der Waals surface area contributed by atoms with E-state index in [1.165, 1.54) is 6.08 Å². The summed E-state index contributed by atoms with van der Waals surface area (Å²) < 4.78 is 7.15. The zero-order valence-corrected chi connectivity index (χ0v) is 20.1. The number of benzene rings is 2. The van der Waals surface area contributed by atoms with Crippen molar-refractivity contribution in [1.29, 1.82) is 0 Å².